The van der Waals surface area contributed by atoms with Crippen molar-refractivity contribution in [1.82, 2.24) is 10.3 Å². The van der Waals surface area contributed by atoms with Gasteiger partial charge in [0.1, 0.15) is 17.6 Å². The number of halogens is 1. The summed E-state index contributed by atoms with van der Waals surface area (Å²) in [4.78, 5) is 9.17. The van der Waals surface area contributed by atoms with Crippen molar-refractivity contribution in [2.24, 2.45) is 11.8 Å². The monoisotopic (exact) mass is 542 g/mol. The van der Waals surface area contributed by atoms with Crippen LogP contribution < -0.4 is 15.1 Å². The molecule has 5 nitrogen and oxygen atoms in total. The number of thiocarbonyl (C=S) groups is 1. The van der Waals surface area contributed by atoms with Crippen molar-refractivity contribution in [1.29, 1.82) is 0 Å². The highest BCUT2D eigenvalue weighted by Gasteiger charge is 2.43. The average Bonchev–Trinajstić information content (AvgIpc) is 3.54. The van der Waals surface area contributed by atoms with Gasteiger partial charge in [-0.25, -0.2) is 0 Å². The van der Waals surface area contributed by atoms with Crippen LogP contribution in [0.2, 0.25) is 5.02 Å². The van der Waals surface area contributed by atoms with Crippen LogP contribution in [-0.4, -0.2) is 23.2 Å². The Bertz CT molecular complexity index is 1420. The summed E-state index contributed by atoms with van der Waals surface area (Å²) in [7, 11) is 0. The molecule has 0 saturated carbocycles. The first-order chi connectivity index (χ1) is 18.5. The lowest BCUT2D eigenvalue weighted by molar-refractivity contribution is 0.357. The van der Waals surface area contributed by atoms with E-state index in [2.05, 4.69) is 58.2 Å². The van der Waals surface area contributed by atoms with Crippen molar-refractivity contribution in [3.8, 4) is 11.3 Å². The van der Waals surface area contributed by atoms with E-state index in [-0.39, 0.29) is 12.1 Å². The van der Waals surface area contributed by atoms with E-state index >= 15 is 0 Å². The highest BCUT2D eigenvalue weighted by atomic mass is 35.5. The second-order valence-corrected chi connectivity index (χ2v) is 11.3. The van der Waals surface area contributed by atoms with Gasteiger partial charge in [-0.3, -0.25) is 4.98 Å². The number of pyridine rings is 1. The Kier molecular flexibility index (Phi) is 6.85. The smallest absolute Gasteiger partial charge is 0.174 e. The Morgan fingerprint density at radius 2 is 1.71 bits per heavy atom. The summed E-state index contributed by atoms with van der Waals surface area (Å²) in [6.07, 6.45) is 3.06. The first-order valence-corrected chi connectivity index (χ1v) is 14.0. The molecule has 4 atom stereocenters. The molecule has 7 heteroatoms. The molecule has 194 valence electrons. The van der Waals surface area contributed by atoms with Gasteiger partial charge < -0.3 is 19.5 Å². The van der Waals surface area contributed by atoms with E-state index in [1.54, 1.807) is 0 Å². The summed E-state index contributed by atoms with van der Waals surface area (Å²) in [6.45, 7) is 6.67. The predicted octanol–water partition coefficient (Wildman–Crippen LogP) is 7.65. The number of hydrogen-bond donors (Lipinski definition) is 1. The molecule has 2 aliphatic rings. The summed E-state index contributed by atoms with van der Waals surface area (Å²) in [6, 6.07) is 26.0. The number of nitrogens with one attached hydrogen (secondary N) is 1. The Hall–Kier alpha value is -3.35. The molecule has 0 aliphatic carbocycles. The van der Waals surface area contributed by atoms with Crippen LogP contribution in [0.25, 0.3) is 11.3 Å². The van der Waals surface area contributed by atoms with Crippen molar-refractivity contribution in [3.05, 3.63) is 102 Å². The van der Waals surface area contributed by atoms with Crippen LogP contribution in [0.3, 0.4) is 0 Å². The third kappa shape index (κ3) is 4.79. The molecule has 2 aromatic carbocycles. The summed E-state index contributed by atoms with van der Waals surface area (Å²) in [5.41, 5.74) is 3.94. The zero-order valence-electron chi connectivity index (χ0n) is 21.5. The van der Waals surface area contributed by atoms with Gasteiger partial charge >= 0.3 is 0 Å². The van der Waals surface area contributed by atoms with Gasteiger partial charge in [-0.15, -0.1) is 0 Å². The molecule has 2 fully saturated rings. The minimum Gasteiger partial charge on any atom is -0.459 e. The molecular formula is C31H31ClN4OS. The van der Waals surface area contributed by atoms with Gasteiger partial charge in [-0.1, -0.05) is 61.8 Å². The average molecular weight is 543 g/mol. The molecule has 6 rings (SSSR count). The van der Waals surface area contributed by atoms with E-state index in [1.165, 1.54) is 6.42 Å². The second kappa shape index (κ2) is 10.4. The number of hydrogen-bond acceptors (Lipinski definition) is 4. The summed E-state index contributed by atoms with van der Waals surface area (Å²) < 4.78 is 6.47. The van der Waals surface area contributed by atoms with Crippen molar-refractivity contribution < 1.29 is 4.42 Å². The molecule has 2 aliphatic heterocycles. The number of rotatable bonds is 5. The van der Waals surface area contributed by atoms with Gasteiger partial charge in [-0.05, 0) is 72.9 Å². The van der Waals surface area contributed by atoms with E-state index < -0.39 is 0 Å². The maximum Gasteiger partial charge on any atom is 0.174 e. The lowest BCUT2D eigenvalue weighted by Gasteiger charge is -2.37. The normalized spacial score (nSPS) is 23.5. The molecule has 4 aromatic rings. The number of aromatic nitrogens is 1. The zero-order valence-corrected chi connectivity index (χ0v) is 23.1. The predicted molar refractivity (Wildman–Crippen MR) is 159 cm³/mol. The second-order valence-electron chi connectivity index (χ2n) is 10.6. The topological polar surface area (TPSA) is 44.5 Å². The Labute approximate surface area is 234 Å². The third-order valence-electron chi connectivity index (χ3n) is 7.49. The quantitative estimate of drug-likeness (QED) is 0.261. The number of piperidine rings is 1. The minimum absolute atomic E-state index is 0.180. The van der Waals surface area contributed by atoms with Crippen LogP contribution in [0.5, 0.6) is 0 Å². The standard InChI is InChI=1S/C31H31ClN4OS/c1-20-16-21(2)19-35(18-20)26-12-11-23(17-24(26)32)36-30(29(34-31(36)38)25-10-6-7-15-33-25)28-14-13-27(37-28)22-8-4-3-5-9-22/h3-15,17,20-21,29-30H,16,18-19H2,1-2H3,(H,34,38). The summed E-state index contributed by atoms with van der Waals surface area (Å²) in [5, 5.41) is 4.86. The molecule has 2 aromatic heterocycles. The van der Waals surface area contributed by atoms with Crippen LogP contribution in [-0.2, 0) is 0 Å². The molecular weight excluding hydrogens is 512 g/mol. The highest BCUT2D eigenvalue weighted by molar-refractivity contribution is 7.80. The van der Waals surface area contributed by atoms with Crippen LogP contribution in [0, 0.1) is 11.8 Å². The van der Waals surface area contributed by atoms with E-state index in [4.69, 9.17) is 28.2 Å². The largest absolute Gasteiger partial charge is 0.459 e. The van der Waals surface area contributed by atoms with Crippen LogP contribution in [0.1, 0.15) is 43.8 Å². The van der Waals surface area contributed by atoms with Gasteiger partial charge in [0.2, 0.25) is 0 Å². The molecule has 2 saturated heterocycles. The van der Waals surface area contributed by atoms with Gasteiger partial charge in [0.25, 0.3) is 0 Å². The van der Waals surface area contributed by atoms with Crippen molar-refractivity contribution in [3.63, 3.8) is 0 Å². The van der Waals surface area contributed by atoms with E-state index in [0.29, 0.717) is 16.9 Å². The first kappa shape index (κ1) is 25.0. The fourth-order valence-electron chi connectivity index (χ4n) is 5.95. The van der Waals surface area contributed by atoms with Crippen LogP contribution >= 0.6 is 23.8 Å². The molecule has 4 heterocycles. The van der Waals surface area contributed by atoms with Gasteiger partial charge in [-0.2, -0.15) is 0 Å². The lowest BCUT2D eigenvalue weighted by atomic mass is 9.91. The number of furan rings is 1. The van der Waals surface area contributed by atoms with Crippen molar-refractivity contribution in [2.45, 2.75) is 32.4 Å². The molecule has 0 amide bonds. The SMILES string of the molecule is CC1CC(C)CN(c2ccc(N3C(=S)NC(c4ccccn4)C3c3ccc(-c4ccccc4)o3)cc2Cl)C1. The van der Waals surface area contributed by atoms with E-state index in [9.17, 15) is 0 Å². The zero-order chi connectivity index (χ0) is 26.2. The van der Waals surface area contributed by atoms with Crippen LogP contribution in [0.15, 0.2) is 89.5 Å². The number of benzene rings is 2. The van der Waals surface area contributed by atoms with E-state index in [0.717, 1.165) is 52.3 Å². The molecule has 0 spiro atoms. The van der Waals surface area contributed by atoms with Crippen LogP contribution in [0.4, 0.5) is 11.4 Å². The maximum atomic E-state index is 6.95. The Morgan fingerprint density at radius 3 is 2.42 bits per heavy atom. The first-order valence-electron chi connectivity index (χ1n) is 13.2. The lowest BCUT2D eigenvalue weighted by Crippen LogP contribution is -2.38. The maximum absolute atomic E-state index is 6.95. The third-order valence-corrected chi connectivity index (χ3v) is 8.11. The van der Waals surface area contributed by atoms with E-state index in [1.807, 2.05) is 60.8 Å². The fraction of sp³-hybridized carbons (Fsp3) is 0.290. The fourth-order valence-corrected chi connectivity index (χ4v) is 6.59. The molecule has 0 radical (unpaired) electrons. The summed E-state index contributed by atoms with van der Waals surface area (Å²) >= 11 is 12.8. The number of nitrogens with zero attached hydrogens (tertiary/aromatic N) is 3. The van der Waals surface area contributed by atoms with Crippen molar-refractivity contribution in [2.75, 3.05) is 22.9 Å². The number of anilines is 2. The Balaban J connectivity index is 1.38. The van der Waals surface area contributed by atoms with Gasteiger partial charge in [0.05, 0.1) is 22.4 Å². The molecule has 1 N–H and O–H groups in total. The van der Waals surface area contributed by atoms with Crippen molar-refractivity contribution >= 4 is 40.3 Å². The summed E-state index contributed by atoms with van der Waals surface area (Å²) in [5.74, 6) is 2.92. The highest BCUT2D eigenvalue weighted by Crippen LogP contribution is 2.44. The Morgan fingerprint density at radius 1 is 0.947 bits per heavy atom. The van der Waals surface area contributed by atoms with Gasteiger partial charge in [0.15, 0.2) is 5.11 Å². The molecule has 0 bridgehead atoms. The molecule has 4 unspecified atom stereocenters. The molecule has 38 heavy (non-hydrogen) atoms. The minimum atomic E-state index is -0.230. The van der Waals surface area contributed by atoms with Gasteiger partial charge in [0, 0.05) is 30.5 Å².